The summed E-state index contributed by atoms with van der Waals surface area (Å²) in [5, 5.41) is 8.10. The van der Waals surface area contributed by atoms with Crippen LogP contribution >= 0.6 is 0 Å². The molecule has 0 amide bonds. The maximum absolute atomic E-state index is 5.51. The number of aromatic nitrogens is 2. The summed E-state index contributed by atoms with van der Waals surface area (Å²) >= 11 is 0. The highest BCUT2D eigenvalue weighted by molar-refractivity contribution is 5.28. The molecule has 1 unspecified atom stereocenters. The number of hydrogen-bond donors (Lipinski definition) is 1. The van der Waals surface area contributed by atoms with Crippen LogP contribution in [0.3, 0.4) is 0 Å². The summed E-state index contributed by atoms with van der Waals surface area (Å²) in [5.41, 5.74) is 1.17. The van der Waals surface area contributed by atoms with E-state index in [2.05, 4.69) is 28.9 Å². The highest BCUT2D eigenvalue weighted by atomic mass is 16.5. The zero-order valence-electron chi connectivity index (χ0n) is 14.0. The van der Waals surface area contributed by atoms with E-state index in [0.29, 0.717) is 0 Å². The van der Waals surface area contributed by atoms with E-state index in [-0.39, 0.29) is 6.04 Å². The van der Waals surface area contributed by atoms with Gasteiger partial charge in [-0.3, -0.25) is 4.68 Å². The van der Waals surface area contributed by atoms with Crippen LogP contribution in [0.15, 0.2) is 6.20 Å². The molecular weight excluding hydrogens is 266 g/mol. The molecule has 122 valence electrons. The lowest BCUT2D eigenvalue weighted by molar-refractivity contribution is 0.140. The van der Waals surface area contributed by atoms with Gasteiger partial charge in [0.1, 0.15) is 0 Å². The van der Waals surface area contributed by atoms with Crippen LogP contribution in [0.1, 0.15) is 58.2 Å². The van der Waals surface area contributed by atoms with Crippen molar-refractivity contribution in [1.29, 1.82) is 0 Å². The minimum Gasteiger partial charge on any atom is -0.493 e. The molecule has 5 nitrogen and oxygen atoms in total. The van der Waals surface area contributed by atoms with Crippen molar-refractivity contribution in [3.05, 3.63) is 11.9 Å². The fraction of sp³-hybridized carbons (Fsp3) is 0.812. The van der Waals surface area contributed by atoms with Crippen LogP contribution in [0.25, 0.3) is 0 Å². The van der Waals surface area contributed by atoms with Gasteiger partial charge >= 0.3 is 0 Å². The van der Waals surface area contributed by atoms with Gasteiger partial charge in [-0.25, -0.2) is 0 Å². The molecule has 1 heterocycles. The van der Waals surface area contributed by atoms with Gasteiger partial charge in [0, 0.05) is 19.8 Å². The Morgan fingerprint density at radius 2 is 2.10 bits per heavy atom. The predicted octanol–water partition coefficient (Wildman–Crippen LogP) is 3.16. The predicted molar refractivity (Wildman–Crippen MR) is 85.8 cm³/mol. The number of rotatable bonds is 12. The number of aryl methyl sites for hydroxylation is 1. The summed E-state index contributed by atoms with van der Waals surface area (Å²) in [5.74, 6) is 0.883. The number of methoxy groups -OCH3 is 1. The van der Waals surface area contributed by atoms with Gasteiger partial charge in [0.05, 0.1) is 25.0 Å². The Morgan fingerprint density at radius 3 is 2.71 bits per heavy atom. The first-order valence-corrected chi connectivity index (χ1v) is 8.19. The topological polar surface area (TPSA) is 48.3 Å². The van der Waals surface area contributed by atoms with Crippen molar-refractivity contribution in [2.75, 3.05) is 26.9 Å². The molecule has 21 heavy (non-hydrogen) atoms. The molecule has 1 aromatic rings. The van der Waals surface area contributed by atoms with E-state index in [1.807, 2.05) is 13.1 Å². The SMILES string of the molecule is CCCNC(CCCOCC)c1c(OC)cnn1CCC. The molecule has 5 heteroatoms. The van der Waals surface area contributed by atoms with Gasteiger partial charge in [0.15, 0.2) is 5.75 Å². The summed E-state index contributed by atoms with van der Waals surface area (Å²) < 4.78 is 13.0. The molecule has 1 aromatic heterocycles. The van der Waals surface area contributed by atoms with Gasteiger partial charge in [0.25, 0.3) is 0 Å². The van der Waals surface area contributed by atoms with Gasteiger partial charge in [-0.1, -0.05) is 13.8 Å². The van der Waals surface area contributed by atoms with E-state index < -0.39 is 0 Å². The molecule has 0 fully saturated rings. The molecule has 0 aliphatic heterocycles. The average Bonchev–Trinajstić information content (AvgIpc) is 2.90. The molecule has 1 atom stereocenters. The van der Waals surface area contributed by atoms with Crippen LogP contribution in [-0.4, -0.2) is 36.6 Å². The second-order valence-corrected chi connectivity index (χ2v) is 5.17. The Labute approximate surface area is 129 Å². The highest BCUT2D eigenvalue weighted by Crippen LogP contribution is 2.28. The van der Waals surface area contributed by atoms with Crippen molar-refractivity contribution < 1.29 is 9.47 Å². The molecule has 0 saturated carbocycles. The molecule has 0 saturated heterocycles. The van der Waals surface area contributed by atoms with Gasteiger partial charge < -0.3 is 14.8 Å². The van der Waals surface area contributed by atoms with Gasteiger partial charge in [-0.05, 0) is 39.2 Å². The third-order valence-electron chi connectivity index (χ3n) is 3.46. The molecular formula is C16H31N3O2. The van der Waals surface area contributed by atoms with Crippen LogP contribution in [0, 0.1) is 0 Å². The van der Waals surface area contributed by atoms with E-state index >= 15 is 0 Å². The van der Waals surface area contributed by atoms with Crippen molar-refractivity contribution >= 4 is 0 Å². The fourth-order valence-electron chi connectivity index (χ4n) is 2.46. The van der Waals surface area contributed by atoms with Crippen molar-refractivity contribution in [2.24, 2.45) is 0 Å². The monoisotopic (exact) mass is 297 g/mol. The Balaban J connectivity index is 2.81. The van der Waals surface area contributed by atoms with Crippen molar-refractivity contribution in [3.8, 4) is 5.75 Å². The summed E-state index contributed by atoms with van der Waals surface area (Å²) in [7, 11) is 1.72. The third-order valence-corrected chi connectivity index (χ3v) is 3.46. The lowest BCUT2D eigenvalue weighted by Crippen LogP contribution is -2.26. The highest BCUT2D eigenvalue weighted by Gasteiger charge is 2.21. The Morgan fingerprint density at radius 1 is 1.29 bits per heavy atom. The van der Waals surface area contributed by atoms with E-state index in [1.165, 1.54) is 5.69 Å². The van der Waals surface area contributed by atoms with Crippen LogP contribution < -0.4 is 10.1 Å². The molecule has 1 rings (SSSR count). The van der Waals surface area contributed by atoms with E-state index in [4.69, 9.17) is 9.47 Å². The van der Waals surface area contributed by atoms with Crippen LogP contribution in [0.4, 0.5) is 0 Å². The molecule has 0 bridgehead atoms. The molecule has 1 N–H and O–H groups in total. The van der Waals surface area contributed by atoms with Crippen molar-refractivity contribution in [1.82, 2.24) is 15.1 Å². The maximum atomic E-state index is 5.51. The zero-order chi connectivity index (χ0) is 15.5. The first-order chi connectivity index (χ1) is 10.3. The number of hydrogen-bond acceptors (Lipinski definition) is 4. The summed E-state index contributed by atoms with van der Waals surface area (Å²) in [6.07, 6.45) is 6.08. The normalized spacial score (nSPS) is 12.6. The first kappa shape index (κ1) is 18.0. The summed E-state index contributed by atoms with van der Waals surface area (Å²) in [4.78, 5) is 0. The molecule has 0 aromatic carbocycles. The van der Waals surface area contributed by atoms with Crippen LogP contribution in [0.2, 0.25) is 0 Å². The Bertz CT molecular complexity index is 380. The molecule has 0 aliphatic rings. The van der Waals surface area contributed by atoms with E-state index in [0.717, 1.165) is 57.7 Å². The Kier molecular flexibility index (Phi) is 9.10. The standard InChI is InChI=1S/C16H31N3O2/c1-5-10-17-14(9-8-12-21-7-3)16-15(20-4)13-18-19(16)11-6-2/h13-14,17H,5-12H2,1-4H3. The smallest absolute Gasteiger partial charge is 0.161 e. The quantitative estimate of drug-likeness (QED) is 0.602. The van der Waals surface area contributed by atoms with E-state index in [9.17, 15) is 0 Å². The molecule has 0 aliphatic carbocycles. The van der Waals surface area contributed by atoms with Crippen molar-refractivity contribution in [3.63, 3.8) is 0 Å². The summed E-state index contributed by atoms with van der Waals surface area (Å²) in [6.45, 7) is 9.90. The molecule has 0 spiro atoms. The van der Waals surface area contributed by atoms with Crippen LogP contribution in [0.5, 0.6) is 5.75 Å². The van der Waals surface area contributed by atoms with Gasteiger partial charge in [0.2, 0.25) is 0 Å². The van der Waals surface area contributed by atoms with Gasteiger partial charge in [-0.15, -0.1) is 0 Å². The number of ether oxygens (including phenoxy) is 2. The number of nitrogens with one attached hydrogen (secondary N) is 1. The maximum Gasteiger partial charge on any atom is 0.161 e. The first-order valence-electron chi connectivity index (χ1n) is 8.19. The average molecular weight is 297 g/mol. The minimum atomic E-state index is 0.273. The lowest BCUT2D eigenvalue weighted by atomic mass is 10.1. The largest absolute Gasteiger partial charge is 0.493 e. The van der Waals surface area contributed by atoms with Gasteiger partial charge in [-0.2, -0.15) is 5.10 Å². The minimum absolute atomic E-state index is 0.273. The molecule has 0 radical (unpaired) electrons. The third kappa shape index (κ3) is 5.67. The Hall–Kier alpha value is -1.07. The summed E-state index contributed by atoms with van der Waals surface area (Å²) in [6, 6.07) is 0.273. The fourth-order valence-corrected chi connectivity index (χ4v) is 2.46. The second-order valence-electron chi connectivity index (χ2n) is 5.17. The van der Waals surface area contributed by atoms with Crippen molar-refractivity contribution in [2.45, 2.75) is 59.0 Å². The number of nitrogens with zero attached hydrogens (tertiary/aromatic N) is 2. The van der Waals surface area contributed by atoms with Crippen LogP contribution in [-0.2, 0) is 11.3 Å². The second kappa shape index (κ2) is 10.6. The zero-order valence-corrected chi connectivity index (χ0v) is 14.0. The lowest BCUT2D eigenvalue weighted by Gasteiger charge is -2.21. The van der Waals surface area contributed by atoms with E-state index in [1.54, 1.807) is 7.11 Å².